The molecule has 0 aliphatic carbocycles. The molecule has 3 N–H and O–H groups in total. The molecule has 2 aliphatic heterocycles. The Hall–Kier alpha value is -4.11. The van der Waals surface area contributed by atoms with E-state index in [1.165, 1.54) is 0 Å². The lowest BCUT2D eigenvalue weighted by Crippen LogP contribution is -2.58. The van der Waals surface area contributed by atoms with E-state index < -0.39 is 36.6 Å². The van der Waals surface area contributed by atoms with E-state index in [0.717, 1.165) is 49.8 Å². The van der Waals surface area contributed by atoms with Crippen LogP contribution in [0.4, 0.5) is 24.1 Å². The minimum Gasteiger partial charge on any atom is -0.442 e. The SMILES string of the molecule is Cn1c(C(=O)N2CC(F)(F)C2)cc2c1CN(C(=O)NNSNc1ccc(-c3cnn(C(=O)OC(C)(C)C)c3)cc1)CC2. The minimum atomic E-state index is -2.83. The van der Waals surface area contributed by atoms with Gasteiger partial charge in [0.2, 0.25) is 0 Å². The number of likely N-dealkylation sites (tertiary alicyclic amines) is 1. The Morgan fingerprint density at radius 1 is 1.07 bits per heavy atom. The number of aromatic nitrogens is 3. The van der Waals surface area contributed by atoms with Gasteiger partial charge in [-0.2, -0.15) is 14.6 Å². The summed E-state index contributed by atoms with van der Waals surface area (Å²) in [5, 5.41) is 4.08. The normalized spacial score (nSPS) is 16.0. The number of hydrogen-bond donors (Lipinski definition) is 3. The molecule has 0 atom stereocenters. The molecule has 3 aromatic rings. The molecule has 0 saturated carbocycles. The molecule has 224 valence electrons. The zero-order chi connectivity index (χ0) is 30.2. The molecule has 12 nitrogen and oxygen atoms in total. The Labute approximate surface area is 245 Å². The van der Waals surface area contributed by atoms with Crippen LogP contribution in [-0.2, 0) is 24.8 Å². The lowest BCUT2D eigenvalue weighted by molar-refractivity contribution is -0.113. The molecule has 5 rings (SSSR count). The van der Waals surface area contributed by atoms with Gasteiger partial charge in [0, 0.05) is 36.7 Å². The summed E-state index contributed by atoms with van der Waals surface area (Å²) in [6, 6.07) is 8.82. The minimum absolute atomic E-state index is 0.285. The van der Waals surface area contributed by atoms with Crippen molar-refractivity contribution in [3.63, 3.8) is 0 Å². The lowest BCUT2D eigenvalue weighted by atomic mass is 10.1. The fourth-order valence-corrected chi connectivity index (χ4v) is 5.13. The number of amides is 3. The molecule has 0 radical (unpaired) electrons. The number of carbonyl (C=O) groups excluding carboxylic acids is 3. The van der Waals surface area contributed by atoms with Crippen LogP contribution in [0.1, 0.15) is 42.5 Å². The van der Waals surface area contributed by atoms with Crippen LogP contribution < -0.4 is 15.0 Å². The van der Waals surface area contributed by atoms with Crippen LogP contribution in [0.5, 0.6) is 0 Å². The molecule has 42 heavy (non-hydrogen) atoms. The largest absolute Gasteiger partial charge is 0.442 e. The number of anilines is 1. The second-order valence-corrected chi connectivity index (χ2v) is 11.8. The van der Waals surface area contributed by atoms with E-state index in [9.17, 15) is 23.2 Å². The van der Waals surface area contributed by atoms with E-state index in [1.54, 1.807) is 55.7 Å². The monoisotopic (exact) mass is 602 g/mol. The predicted octanol–water partition coefficient (Wildman–Crippen LogP) is 4.01. The standard InChI is InChI=1S/C27H32F2N8O4S/c1-26(2,3)41-25(40)37-13-19(12-30-37)17-5-7-20(8-6-17)32-42-33-31-24(39)35-10-9-18-11-21(34(4)22(18)14-35)23(38)36-15-27(28,29)16-36/h5-8,11-13,32-33H,9-10,14-16H2,1-4H3,(H,31,39). The fourth-order valence-electron chi connectivity index (χ4n) is 4.69. The van der Waals surface area contributed by atoms with E-state index >= 15 is 0 Å². The van der Waals surface area contributed by atoms with Crippen LogP contribution >= 0.6 is 12.1 Å². The van der Waals surface area contributed by atoms with Gasteiger partial charge in [-0.25, -0.2) is 18.4 Å². The van der Waals surface area contributed by atoms with E-state index in [-0.39, 0.29) is 12.6 Å². The highest BCUT2D eigenvalue weighted by molar-refractivity contribution is 7.98. The van der Waals surface area contributed by atoms with Crippen LogP contribution in [-0.4, -0.2) is 73.3 Å². The van der Waals surface area contributed by atoms with Crippen LogP contribution in [0.2, 0.25) is 0 Å². The molecule has 2 aromatic heterocycles. The van der Waals surface area contributed by atoms with Crippen molar-refractivity contribution in [3.8, 4) is 11.1 Å². The van der Waals surface area contributed by atoms with Crippen molar-refractivity contribution >= 4 is 35.9 Å². The molecule has 1 saturated heterocycles. The Kier molecular flexibility index (Phi) is 7.90. The number of ether oxygens (including phenoxy) is 1. The number of carbonyl (C=O) groups is 3. The van der Waals surface area contributed by atoms with Crippen molar-refractivity contribution in [2.45, 2.75) is 45.3 Å². The number of nitrogens with one attached hydrogen (secondary N) is 3. The Bertz CT molecular complexity index is 1490. The highest BCUT2D eigenvalue weighted by atomic mass is 32.2. The third-order valence-corrected chi connectivity index (χ3v) is 7.38. The highest BCUT2D eigenvalue weighted by Gasteiger charge is 2.47. The third-order valence-electron chi connectivity index (χ3n) is 6.84. The van der Waals surface area contributed by atoms with Crippen molar-refractivity contribution in [2.24, 2.45) is 7.05 Å². The molecule has 15 heteroatoms. The van der Waals surface area contributed by atoms with E-state index in [1.807, 2.05) is 24.3 Å². The summed E-state index contributed by atoms with van der Waals surface area (Å²) in [7, 11) is 1.71. The molecular weight excluding hydrogens is 570 g/mol. The van der Waals surface area contributed by atoms with Gasteiger partial charge < -0.3 is 23.8 Å². The Morgan fingerprint density at radius 2 is 1.79 bits per heavy atom. The molecule has 1 fully saturated rings. The maximum Gasteiger partial charge on any atom is 0.435 e. The summed E-state index contributed by atoms with van der Waals surface area (Å²) in [4.78, 5) is 43.1. The second kappa shape index (κ2) is 11.3. The second-order valence-electron chi connectivity index (χ2n) is 11.2. The van der Waals surface area contributed by atoms with E-state index in [4.69, 9.17) is 4.74 Å². The number of hydrogen-bond acceptors (Lipinski definition) is 8. The zero-order valence-electron chi connectivity index (χ0n) is 23.6. The summed E-state index contributed by atoms with van der Waals surface area (Å²) in [5.41, 5.74) is 6.48. The molecule has 0 unspecified atom stereocenters. The quantitative estimate of drug-likeness (QED) is 0.220. The molecular formula is C27H32F2N8O4S. The number of nitrogens with zero attached hydrogens (tertiary/aromatic N) is 5. The molecule has 2 aliphatic rings. The van der Waals surface area contributed by atoms with Gasteiger partial charge in [0.05, 0.1) is 38.0 Å². The first-order chi connectivity index (χ1) is 19.8. The Balaban J connectivity index is 1.08. The van der Waals surface area contributed by atoms with E-state index in [0.29, 0.717) is 18.7 Å². The first kappa shape index (κ1) is 29.4. The van der Waals surface area contributed by atoms with Crippen LogP contribution in [0, 0.1) is 0 Å². The average Bonchev–Trinajstić information content (AvgIpc) is 3.54. The highest BCUT2D eigenvalue weighted by Crippen LogP contribution is 2.30. The van der Waals surface area contributed by atoms with Crippen molar-refractivity contribution in [1.82, 2.24) is 34.4 Å². The van der Waals surface area contributed by atoms with Gasteiger partial charge in [0.15, 0.2) is 0 Å². The number of halogens is 2. The van der Waals surface area contributed by atoms with Gasteiger partial charge in [-0.05, 0) is 56.5 Å². The predicted molar refractivity (Wildman–Crippen MR) is 153 cm³/mol. The molecule has 0 bridgehead atoms. The maximum atomic E-state index is 13.2. The van der Waals surface area contributed by atoms with Crippen molar-refractivity contribution in [3.05, 3.63) is 59.7 Å². The van der Waals surface area contributed by atoms with Crippen molar-refractivity contribution < 1.29 is 27.9 Å². The van der Waals surface area contributed by atoms with Crippen LogP contribution in [0.25, 0.3) is 11.1 Å². The summed E-state index contributed by atoms with van der Waals surface area (Å²) in [6.07, 6.45) is 3.19. The van der Waals surface area contributed by atoms with Gasteiger partial charge in [-0.1, -0.05) is 12.1 Å². The average molecular weight is 603 g/mol. The maximum absolute atomic E-state index is 13.2. The number of urea groups is 1. The van der Waals surface area contributed by atoms with Crippen molar-refractivity contribution in [2.75, 3.05) is 24.4 Å². The first-order valence-corrected chi connectivity index (χ1v) is 14.1. The van der Waals surface area contributed by atoms with Crippen LogP contribution in [0.15, 0.2) is 42.7 Å². The fraction of sp³-hybridized carbons (Fsp3) is 0.407. The lowest BCUT2D eigenvalue weighted by Gasteiger charge is -2.38. The molecule has 4 heterocycles. The number of fused-ring (bicyclic) bond motifs is 1. The topological polar surface area (TPSA) is 126 Å². The molecule has 1 aromatic carbocycles. The van der Waals surface area contributed by atoms with Gasteiger partial charge in [0.1, 0.15) is 11.3 Å². The van der Waals surface area contributed by atoms with Gasteiger partial charge in [0.25, 0.3) is 11.8 Å². The van der Waals surface area contributed by atoms with Gasteiger partial charge in [-0.3, -0.25) is 10.2 Å². The number of hydrazine groups is 1. The number of rotatable bonds is 6. The van der Waals surface area contributed by atoms with E-state index in [2.05, 4.69) is 20.1 Å². The summed E-state index contributed by atoms with van der Waals surface area (Å²) < 4.78 is 37.7. The summed E-state index contributed by atoms with van der Waals surface area (Å²) >= 11 is 1.07. The number of benzene rings is 1. The smallest absolute Gasteiger partial charge is 0.435 e. The Morgan fingerprint density at radius 3 is 2.45 bits per heavy atom. The molecule has 0 spiro atoms. The zero-order valence-corrected chi connectivity index (χ0v) is 24.4. The number of alkyl halides is 2. The summed E-state index contributed by atoms with van der Waals surface area (Å²) in [5.74, 6) is -3.25. The summed E-state index contributed by atoms with van der Waals surface area (Å²) in [6.45, 7) is 4.96. The molecule has 3 amide bonds. The van der Waals surface area contributed by atoms with Gasteiger partial charge in [-0.15, -0.1) is 0 Å². The van der Waals surface area contributed by atoms with Gasteiger partial charge >= 0.3 is 12.1 Å². The first-order valence-electron chi connectivity index (χ1n) is 13.2. The third kappa shape index (κ3) is 6.51. The van der Waals surface area contributed by atoms with Crippen molar-refractivity contribution in [1.29, 1.82) is 0 Å². The van der Waals surface area contributed by atoms with Crippen LogP contribution in [0.3, 0.4) is 0 Å².